The van der Waals surface area contributed by atoms with Crippen molar-refractivity contribution in [2.75, 3.05) is 6.61 Å². The van der Waals surface area contributed by atoms with Crippen LogP contribution in [0.4, 0.5) is 0 Å². The maximum atomic E-state index is 13.9. The second kappa shape index (κ2) is 10.1. The van der Waals surface area contributed by atoms with Gasteiger partial charge >= 0.3 is 11.9 Å². The number of carboxylic acids is 1. The monoisotopic (exact) mass is 563 g/mol. The zero-order valence-corrected chi connectivity index (χ0v) is 22.1. The van der Waals surface area contributed by atoms with E-state index in [1.54, 1.807) is 36.6 Å². The van der Waals surface area contributed by atoms with Gasteiger partial charge in [0.1, 0.15) is 0 Å². The van der Waals surface area contributed by atoms with Crippen molar-refractivity contribution in [2.24, 2.45) is 0 Å². The Balaban J connectivity index is 2.19. The molecule has 36 heavy (non-hydrogen) atoms. The number of aliphatic carboxylic acids is 1. The van der Waals surface area contributed by atoms with E-state index in [0.717, 1.165) is 9.54 Å². The molecule has 11 heteroatoms. The third-order valence-corrected chi connectivity index (χ3v) is 8.46. The number of ether oxygens (including phenoxy) is 1. The molecule has 0 spiro atoms. The topological polar surface area (TPSA) is 103 Å². The summed E-state index contributed by atoms with van der Waals surface area (Å²) >= 11 is 13.9. The first kappa shape index (κ1) is 26.0. The van der Waals surface area contributed by atoms with Crippen LogP contribution in [0.1, 0.15) is 33.4 Å². The number of hydrogen-bond donors (Lipinski definition) is 1. The van der Waals surface area contributed by atoms with Crippen LogP contribution >= 0.6 is 34.5 Å². The zero-order valence-electron chi connectivity index (χ0n) is 19.0. The Morgan fingerprint density at radius 2 is 1.83 bits per heavy atom. The molecule has 0 atom stereocenters. The number of thiophene rings is 1. The largest absolute Gasteiger partial charge is 0.478 e. The second-order valence-electron chi connectivity index (χ2n) is 7.69. The van der Waals surface area contributed by atoms with Crippen molar-refractivity contribution in [1.82, 2.24) is 3.97 Å². The fourth-order valence-corrected chi connectivity index (χ4v) is 6.57. The number of aryl methyl sites for hydroxylation is 1. The lowest BCUT2D eigenvalue weighted by molar-refractivity contribution is -0.130. The lowest BCUT2D eigenvalue weighted by Crippen LogP contribution is -2.20. The Hall–Kier alpha value is -3.11. The standard InChI is InChI=1S/C25H19Cl2NO6S2/c1-3-34-25(31)23-18(13-17(24(29)30)21-5-4-10-35-21)22-19(27)11-15(26)12-20(22)28(23)36(32,33)16-8-6-14(2)7-9-16/h4-13H,3H2,1-2H3,(H,29,30)/b17-13-. The molecule has 4 aromatic rings. The lowest BCUT2D eigenvalue weighted by atomic mass is 10.1. The molecule has 4 rings (SSSR count). The van der Waals surface area contributed by atoms with E-state index < -0.39 is 22.0 Å². The van der Waals surface area contributed by atoms with E-state index in [4.69, 9.17) is 27.9 Å². The molecule has 0 bridgehead atoms. The number of rotatable bonds is 7. The summed E-state index contributed by atoms with van der Waals surface area (Å²) in [6.07, 6.45) is 1.24. The molecule has 0 amide bonds. The average molecular weight is 564 g/mol. The zero-order chi connectivity index (χ0) is 26.2. The third kappa shape index (κ3) is 4.67. The number of nitrogens with zero attached hydrogens (tertiary/aromatic N) is 1. The summed E-state index contributed by atoms with van der Waals surface area (Å²) in [6, 6.07) is 12.1. The van der Waals surface area contributed by atoms with Gasteiger partial charge in [-0.3, -0.25) is 0 Å². The summed E-state index contributed by atoms with van der Waals surface area (Å²) in [5, 5.41) is 12.0. The Labute approximate surface area is 221 Å². The molecular formula is C25H19Cl2NO6S2. The molecule has 0 aliphatic heterocycles. The quantitative estimate of drug-likeness (QED) is 0.207. The van der Waals surface area contributed by atoms with Gasteiger partial charge in [0.05, 0.1) is 27.6 Å². The van der Waals surface area contributed by atoms with Gasteiger partial charge in [-0.1, -0.05) is 47.0 Å². The van der Waals surface area contributed by atoms with Crippen LogP contribution in [-0.2, 0) is 19.6 Å². The van der Waals surface area contributed by atoms with Crippen LogP contribution in [0.5, 0.6) is 0 Å². The van der Waals surface area contributed by atoms with Crippen LogP contribution in [-0.4, -0.2) is 36.0 Å². The summed E-state index contributed by atoms with van der Waals surface area (Å²) < 4.78 is 33.9. The van der Waals surface area contributed by atoms with Gasteiger partial charge in [-0.2, -0.15) is 0 Å². The first-order valence-electron chi connectivity index (χ1n) is 10.6. The van der Waals surface area contributed by atoms with Gasteiger partial charge in [0.15, 0.2) is 5.69 Å². The van der Waals surface area contributed by atoms with E-state index in [1.165, 1.54) is 41.7 Å². The molecule has 2 heterocycles. The molecule has 7 nitrogen and oxygen atoms in total. The first-order chi connectivity index (χ1) is 17.1. The highest BCUT2D eigenvalue weighted by Crippen LogP contribution is 2.39. The lowest BCUT2D eigenvalue weighted by Gasteiger charge is -2.12. The van der Waals surface area contributed by atoms with Crippen molar-refractivity contribution < 1.29 is 27.9 Å². The highest BCUT2D eigenvalue weighted by molar-refractivity contribution is 7.90. The summed E-state index contributed by atoms with van der Waals surface area (Å²) in [6.45, 7) is 3.35. The van der Waals surface area contributed by atoms with Gasteiger partial charge in [-0.25, -0.2) is 22.0 Å². The second-order valence-corrected chi connectivity index (χ2v) is 11.3. The number of hydrogen-bond acceptors (Lipinski definition) is 6. The van der Waals surface area contributed by atoms with Crippen LogP contribution in [0.3, 0.4) is 0 Å². The van der Waals surface area contributed by atoms with E-state index in [0.29, 0.717) is 4.88 Å². The number of aromatic nitrogens is 1. The Morgan fingerprint density at radius 3 is 2.42 bits per heavy atom. The van der Waals surface area contributed by atoms with Crippen molar-refractivity contribution in [1.29, 1.82) is 0 Å². The van der Waals surface area contributed by atoms with E-state index in [9.17, 15) is 23.1 Å². The molecule has 0 radical (unpaired) electrons. The molecule has 0 aliphatic carbocycles. The molecule has 0 aliphatic rings. The van der Waals surface area contributed by atoms with Gasteiger partial charge in [0.25, 0.3) is 10.0 Å². The van der Waals surface area contributed by atoms with Crippen LogP contribution in [0.25, 0.3) is 22.6 Å². The van der Waals surface area contributed by atoms with Crippen molar-refractivity contribution in [3.8, 4) is 0 Å². The van der Waals surface area contributed by atoms with Crippen LogP contribution < -0.4 is 0 Å². The van der Waals surface area contributed by atoms with Gasteiger partial charge in [0.2, 0.25) is 0 Å². The number of carboxylic acid groups (broad SMARTS) is 1. The number of esters is 1. The molecule has 0 fully saturated rings. The highest BCUT2D eigenvalue weighted by Gasteiger charge is 2.33. The normalized spacial score (nSPS) is 12.2. The molecule has 1 N–H and O–H groups in total. The molecule has 2 aromatic heterocycles. The van der Waals surface area contributed by atoms with Crippen molar-refractivity contribution in [3.05, 3.63) is 85.7 Å². The SMILES string of the molecule is CCOC(=O)c1c(/C=C(\C(=O)O)c2cccs2)c2c(Cl)cc(Cl)cc2n1S(=O)(=O)c1ccc(C)cc1. The minimum atomic E-state index is -4.37. The fourth-order valence-electron chi connectivity index (χ4n) is 3.75. The summed E-state index contributed by atoms with van der Waals surface area (Å²) in [4.78, 5) is 25.8. The Kier molecular flexibility index (Phi) is 7.28. The van der Waals surface area contributed by atoms with Gasteiger partial charge < -0.3 is 9.84 Å². The van der Waals surface area contributed by atoms with Gasteiger partial charge in [-0.05, 0) is 55.6 Å². The Morgan fingerprint density at radius 1 is 1.14 bits per heavy atom. The molecule has 186 valence electrons. The molecule has 0 saturated carbocycles. The van der Waals surface area contributed by atoms with E-state index in [-0.39, 0.29) is 49.3 Å². The van der Waals surface area contributed by atoms with E-state index in [2.05, 4.69) is 0 Å². The van der Waals surface area contributed by atoms with Crippen molar-refractivity contribution in [2.45, 2.75) is 18.7 Å². The minimum Gasteiger partial charge on any atom is -0.478 e. The first-order valence-corrected chi connectivity index (χ1v) is 13.7. The van der Waals surface area contributed by atoms with Crippen LogP contribution in [0.2, 0.25) is 10.0 Å². The van der Waals surface area contributed by atoms with Gasteiger partial charge in [0, 0.05) is 20.8 Å². The fraction of sp³-hybridized carbons (Fsp3) is 0.120. The number of fused-ring (bicyclic) bond motifs is 1. The van der Waals surface area contributed by atoms with E-state index in [1.807, 2.05) is 6.92 Å². The average Bonchev–Trinajstić information content (AvgIpc) is 3.44. The van der Waals surface area contributed by atoms with Crippen LogP contribution in [0.15, 0.2) is 58.8 Å². The maximum Gasteiger partial charge on any atom is 0.356 e. The van der Waals surface area contributed by atoms with E-state index >= 15 is 0 Å². The predicted octanol–water partition coefficient (Wildman–Crippen LogP) is 6.36. The molecule has 0 unspecified atom stereocenters. The summed E-state index contributed by atoms with van der Waals surface area (Å²) in [7, 11) is -4.37. The maximum absolute atomic E-state index is 13.9. The predicted molar refractivity (Wildman–Crippen MR) is 142 cm³/mol. The molecular weight excluding hydrogens is 545 g/mol. The Bertz CT molecular complexity index is 1620. The highest BCUT2D eigenvalue weighted by atomic mass is 35.5. The number of benzene rings is 2. The van der Waals surface area contributed by atoms with Crippen LogP contribution in [0, 0.1) is 6.92 Å². The number of carbonyl (C=O) groups is 2. The summed E-state index contributed by atoms with van der Waals surface area (Å²) in [5.41, 5.74) is 0.318. The van der Waals surface area contributed by atoms with Gasteiger partial charge in [-0.15, -0.1) is 11.3 Å². The molecule has 2 aromatic carbocycles. The third-order valence-electron chi connectivity index (χ3n) is 5.31. The number of carbonyl (C=O) groups excluding carboxylic acids is 1. The smallest absolute Gasteiger partial charge is 0.356 e. The van der Waals surface area contributed by atoms with Crippen molar-refractivity contribution >= 4 is 79.1 Å². The molecule has 0 saturated heterocycles. The minimum absolute atomic E-state index is 0.00777. The summed E-state index contributed by atoms with van der Waals surface area (Å²) in [5.74, 6) is -2.22. The number of halogens is 2. The van der Waals surface area contributed by atoms with Crippen molar-refractivity contribution in [3.63, 3.8) is 0 Å².